The number of rotatable bonds is 6. The molecule has 1 rings (SSSR count). The van der Waals surface area contributed by atoms with E-state index >= 15 is 0 Å². The lowest BCUT2D eigenvalue weighted by Gasteiger charge is -2.14. The van der Waals surface area contributed by atoms with E-state index in [0.29, 0.717) is 13.0 Å². The smallest absolute Gasteiger partial charge is 0.220 e. The van der Waals surface area contributed by atoms with Crippen molar-refractivity contribution in [2.75, 3.05) is 13.7 Å². The topological polar surface area (TPSA) is 64.3 Å². The van der Waals surface area contributed by atoms with Crippen LogP contribution in [-0.4, -0.2) is 19.6 Å². The summed E-state index contributed by atoms with van der Waals surface area (Å²) in [5.74, 6) is 0.856. The van der Waals surface area contributed by atoms with E-state index in [0.717, 1.165) is 17.7 Å². The summed E-state index contributed by atoms with van der Waals surface area (Å²) in [5.41, 5.74) is 6.42. The van der Waals surface area contributed by atoms with Gasteiger partial charge in [0.25, 0.3) is 0 Å². The van der Waals surface area contributed by atoms with E-state index in [1.807, 2.05) is 31.2 Å². The second kappa shape index (κ2) is 6.91. The zero-order valence-corrected chi connectivity index (χ0v) is 10.4. The van der Waals surface area contributed by atoms with Crippen LogP contribution in [0.5, 0.6) is 5.75 Å². The van der Waals surface area contributed by atoms with E-state index in [4.69, 9.17) is 10.5 Å². The second-order valence-corrected chi connectivity index (χ2v) is 3.95. The first-order valence-electron chi connectivity index (χ1n) is 5.80. The molecule has 17 heavy (non-hydrogen) atoms. The standard InChI is InChI=1S/C13H20N2O2/c1-10(15-13(16)4-3-9-14)11-5-7-12(17-2)8-6-11/h5-8,10H,3-4,9,14H2,1-2H3,(H,15,16). The van der Waals surface area contributed by atoms with E-state index in [9.17, 15) is 4.79 Å². The minimum Gasteiger partial charge on any atom is -0.497 e. The largest absolute Gasteiger partial charge is 0.497 e. The number of benzene rings is 1. The maximum Gasteiger partial charge on any atom is 0.220 e. The summed E-state index contributed by atoms with van der Waals surface area (Å²) < 4.78 is 5.08. The number of ether oxygens (including phenoxy) is 1. The molecular formula is C13H20N2O2. The summed E-state index contributed by atoms with van der Waals surface area (Å²) in [6.45, 7) is 2.51. The SMILES string of the molecule is COc1ccc(C(C)NC(=O)CCCN)cc1. The molecule has 0 heterocycles. The van der Waals surface area contributed by atoms with Crippen molar-refractivity contribution in [1.29, 1.82) is 0 Å². The van der Waals surface area contributed by atoms with Crippen LogP contribution in [0, 0.1) is 0 Å². The molecule has 4 nitrogen and oxygen atoms in total. The van der Waals surface area contributed by atoms with Gasteiger partial charge >= 0.3 is 0 Å². The molecule has 1 amide bonds. The van der Waals surface area contributed by atoms with E-state index in [1.54, 1.807) is 7.11 Å². The molecule has 3 N–H and O–H groups in total. The highest BCUT2D eigenvalue weighted by atomic mass is 16.5. The van der Waals surface area contributed by atoms with Gasteiger partial charge in [-0.15, -0.1) is 0 Å². The van der Waals surface area contributed by atoms with Crippen LogP contribution >= 0.6 is 0 Å². The van der Waals surface area contributed by atoms with Gasteiger partial charge in [-0.3, -0.25) is 4.79 Å². The van der Waals surface area contributed by atoms with Crippen molar-refractivity contribution in [3.8, 4) is 5.75 Å². The molecule has 0 aromatic heterocycles. The third kappa shape index (κ3) is 4.44. The quantitative estimate of drug-likeness (QED) is 0.788. The van der Waals surface area contributed by atoms with Crippen molar-refractivity contribution in [1.82, 2.24) is 5.32 Å². The molecular weight excluding hydrogens is 216 g/mol. The average Bonchev–Trinajstić information content (AvgIpc) is 2.36. The molecule has 1 unspecified atom stereocenters. The first kappa shape index (κ1) is 13.5. The number of nitrogens with one attached hydrogen (secondary N) is 1. The lowest BCUT2D eigenvalue weighted by molar-refractivity contribution is -0.121. The number of hydrogen-bond donors (Lipinski definition) is 2. The van der Waals surface area contributed by atoms with E-state index < -0.39 is 0 Å². The van der Waals surface area contributed by atoms with Crippen molar-refractivity contribution in [3.05, 3.63) is 29.8 Å². The third-order valence-corrected chi connectivity index (χ3v) is 2.60. The summed E-state index contributed by atoms with van der Waals surface area (Å²) in [6, 6.07) is 7.68. The predicted molar refractivity (Wildman–Crippen MR) is 67.8 cm³/mol. The molecule has 1 aromatic rings. The Bertz CT molecular complexity index is 349. The van der Waals surface area contributed by atoms with Crippen LogP contribution in [0.25, 0.3) is 0 Å². The molecule has 0 saturated carbocycles. The number of carbonyl (C=O) groups excluding carboxylic acids is 1. The molecule has 0 saturated heterocycles. The lowest BCUT2D eigenvalue weighted by Crippen LogP contribution is -2.26. The van der Waals surface area contributed by atoms with Crippen molar-refractivity contribution in [2.45, 2.75) is 25.8 Å². The Kier molecular flexibility index (Phi) is 5.49. The van der Waals surface area contributed by atoms with Crippen LogP contribution in [0.2, 0.25) is 0 Å². The van der Waals surface area contributed by atoms with Gasteiger partial charge in [-0.25, -0.2) is 0 Å². The molecule has 1 aromatic carbocycles. The molecule has 1 atom stereocenters. The maximum absolute atomic E-state index is 11.5. The van der Waals surface area contributed by atoms with Crippen LogP contribution < -0.4 is 15.8 Å². The molecule has 4 heteroatoms. The van der Waals surface area contributed by atoms with Crippen molar-refractivity contribution < 1.29 is 9.53 Å². The maximum atomic E-state index is 11.5. The molecule has 0 bridgehead atoms. The van der Waals surface area contributed by atoms with E-state index in [1.165, 1.54) is 0 Å². The molecule has 0 spiro atoms. The van der Waals surface area contributed by atoms with Crippen LogP contribution in [0.15, 0.2) is 24.3 Å². The van der Waals surface area contributed by atoms with Gasteiger partial charge in [0.2, 0.25) is 5.91 Å². The second-order valence-electron chi connectivity index (χ2n) is 3.95. The van der Waals surface area contributed by atoms with E-state index in [2.05, 4.69) is 5.32 Å². The zero-order valence-electron chi connectivity index (χ0n) is 10.4. The van der Waals surface area contributed by atoms with Gasteiger partial charge in [-0.1, -0.05) is 12.1 Å². The monoisotopic (exact) mass is 236 g/mol. The average molecular weight is 236 g/mol. The van der Waals surface area contributed by atoms with Gasteiger partial charge < -0.3 is 15.8 Å². The van der Waals surface area contributed by atoms with E-state index in [-0.39, 0.29) is 11.9 Å². The minimum absolute atomic E-state index is 0.00572. The first-order chi connectivity index (χ1) is 8.17. The third-order valence-electron chi connectivity index (χ3n) is 2.60. The number of nitrogens with two attached hydrogens (primary N) is 1. The van der Waals surface area contributed by atoms with Gasteiger partial charge in [-0.2, -0.15) is 0 Å². The van der Waals surface area contributed by atoms with Gasteiger partial charge in [0.15, 0.2) is 0 Å². The normalized spacial score (nSPS) is 11.9. The Morgan fingerprint density at radius 3 is 2.59 bits per heavy atom. The van der Waals surface area contributed by atoms with Crippen LogP contribution in [0.4, 0.5) is 0 Å². The highest BCUT2D eigenvalue weighted by Crippen LogP contribution is 2.17. The molecule has 0 aliphatic heterocycles. The zero-order chi connectivity index (χ0) is 12.7. The van der Waals surface area contributed by atoms with Gasteiger partial charge in [-0.05, 0) is 37.6 Å². The fourth-order valence-corrected chi connectivity index (χ4v) is 1.55. The van der Waals surface area contributed by atoms with Gasteiger partial charge in [0.05, 0.1) is 13.2 Å². The fraction of sp³-hybridized carbons (Fsp3) is 0.462. The summed E-state index contributed by atoms with van der Waals surface area (Å²) >= 11 is 0. The first-order valence-corrected chi connectivity index (χ1v) is 5.80. The fourth-order valence-electron chi connectivity index (χ4n) is 1.55. The molecule has 0 radical (unpaired) electrons. The van der Waals surface area contributed by atoms with Gasteiger partial charge in [0.1, 0.15) is 5.75 Å². The Hall–Kier alpha value is -1.55. The highest BCUT2D eigenvalue weighted by molar-refractivity contribution is 5.76. The van der Waals surface area contributed by atoms with Crippen molar-refractivity contribution in [3.63, 3.8) is 0 Å². The molecule has 0 aliphatic rings. The lowest BCUT2D eigenvalue weighted by atomic mass is 10.1. The molecule has 0 fully saturated rings. The number of hydrogen-bond acceptors (Lipinski definition) is 3. The summed E-state index contributed by atoms with van der Waals surface area (Å²) in [4.78, 5) is 11.5. The number of methoxy groups -OCH3 is 1. The van der Waals surface area contributed by atoms with Crippen LogP contribution in [0.1, 0.15) is 31.4 Å². The summed E-state index contributed by atoms with van der Waals surface area (Å²) in [6.07, 6.45) is 1.21. The highest BCUT2D eigenvalue weighted by Gasteiger charge is 2.08. The molecule has 0 aliphatic carbocycles. The Balaban J connectivity index is 2.51. The van der Waals surface area contributed by atoms with Crippen LogP contribution in [-0.2, 0) is 4.79 Å². The Morgan fingerprint density at radius 2 is 2.06 bits per heavy atom. The Labute approximate surface area is 102 Å². The summed E-state index contributed by atoms with van der Waals surface area (Å²) in [7, 11) is 1.63. The van der Waals surface area contributed by atoms with Gasteiger partial charge in [0, 0.05) is 6.42 Å². The predicted octanol–water partition coefficient (Wildman–Crippen LogP) is 1.61. The molecule has 94 valence electrons. The number of carbonyl (C=O) groups is 1. The van der Waals surface area contributed by atoms with Crippen LogP contribution in [0.3, 0.4) is 0 Å². The number of amides is 1. The van der Waals surface area contributed by atoms with Crippen molar-refractivity contribution >= 4 is 5.91 Å². The Morgan fingerprint density at radius 1 is 1.41 bits per heavy atom. The minimum atomic E-state index is 0.00572. The van der Waals surface area contributed by atoms with Crippen molar-refractivity contribution in [2.24, 2.45) is 5.73 Å². The summed E-state index contributed by atoms with van der Waals surface area (Å²) in [5, 5.41) is 2.93.